The molecule has 158 valence electrons. The molecular formula is C23H34N4O2. The van der Waals surface area contributed by atoms with Crippen molar-refractivity contribution in [2.45, 2.75) is 32.7 Å². The van der Waals surface area contributed by atoms with Crippen LogP contribution in [0.5, 0.6) is 0 Å². The number of hydrogen-bond acceptors (Lipinski definition) is 4. The van der Waals surface area contributed by atoms with Crippen LogP contribution in [0.25, 0.3) is 0 Å². The summed E-state index contributed by atoms with van der Waals surface area (Å²) in [5.74, 6) is 2.78. The maximum Gasteiger partial charge on any atom is 0.191 e. The second kappa shape index (κ2) is 11.6. The maximum atomic E-state index is 5.95. The van der Waals surface area contributed by atoms with E-state index >= 15 is 0 Å². The number of ether oxygens (including phenoxy) is 1. The minimum atomic E-state index is 0.132. The molecule has 1 aliphatic rings. The lowest BCUT2D eigenvalue weighted by Gasteiger charge is -2.32. The molecule has 1 fully saturated rings. The van der Waals surface area contributed by atoms with E-state index in [4.69, 9.17) is 14.1 Å². The molecule has 2 heterocycles. The first-order valence-corrected chi connectivity index (χ1v) is 10.7. The zero-order chi connectivity index (χ0) is 20.3. The van der Waals surface area contributed by atoms with Crippen molar-refractivity contribution in [1.82, 2.24) is 15.5 Å². The number of rotatable bonds is 9. The van der Waals surface area contributed by atoms with E-state index in [9.17, 15) is 0 Å². The normalized spacial score (nSPS) is 16.6. The van der Waals surface area contributed by atoms with Gasteiger partial charge in [-0.1, -0.05) is 30.3 Å². The van der Waals surface area contributed by atoms with Crippen LogP contribution in [-0.2, 0) is 11.2 Å². The number of guanidine groups is 1. The van der Waals surface area contributed by atoms with E-state index in [0.29, 0.717) is 6.54 Å². The molecule has 1 aromatic carbocycles. The molecule has 0 spiro atoms. The Labute approximate surface area is 174 Å². The number of nitrogens with one attached hydrogen (secondary N) is 2. The molecule has 1 aromatic heterocycles. The highest BCUT2D eigenvalue weighted by Crippen LogP contribution is 2.24. The van der Waals surface area contributed by atoms with E-state index in [0.717, 1.165) is 69.7 Å². The summed E-state index contributed by atoms with van der Waals surface area (Å²) < 4.78 is 11.5. The first-order valence-electron chi connectivity index (χ1n) is 10.7. The topological polar surface area (TPSA) is 62.0 Å². The van der Waals surface area contributed by atoms with Gasteiger partial charge in [0.15, 0.2) is 5.96 Å². The first kappa shape index (κ1) is 21.4. The molecule has 6 nitrogen and oxygen atoms in total. The van der Waals surface area contributed by atoms with Crippen LogP contribution in [0.1, 0.15) is 36.5 Å². The Morgan fingerprint density at radius 1 is 1.10 bits per heavy atom. The summed E-state index contributed by atoms with van der Waals surface area (Å²) >= 11 is 0. The van der Waals surface area contributed by atoms with E-state index in [1.54, 1.807) is 0 Å². The molecule has 1 unspecified atom stereocenters. The molecule has 29 heavy (non-hydrogen) atoms. The van der Waals surface area contributed by atoms with Gasteiger partial charge in [0.25, 0.3) is 0 Å². The average Bonchev–Trinajstić information content (AvgIpc) is 3.18. The number of hydrogen-bond donors (Lipinski definition) is 2. The predicted molar refractivity (Wildman–Crippen MR) is 117 cm³/mol. The smallest absolute Gasteiger partial charge is 0.191 e. The molecule has 0 radical (unpaired) electrons. The summed E-state index contributed by atoms with van der Waals surface area (Å²) in [7, 11) is 0. The Bertz CT molecular complexity index is 738. The summed E-state index contributed by atoms with van der Waals surface area (Å²) in [6.45, 7) is 9.80. The van der Waals surface area contributed by atoms with Crippen molar-refractivity contribution in [2.75, 3.05) is 45.9 Å². The van der Waals surface area contributed by atoms with Crippen LogP contribution in [0, 0.1) is 6.92 Å². The lowest BCUT2D eigenvalue weighted by molar-refractivity contribution is 0.0135. The third kappa shape index (κ3) is 6.91. The van der Waals surface area contributed by atoms with E-state index in [-0.39, 0.29) is 6.04 Å². The van der Waals surface area contributed by atoms with Crippen LogP contribution in [0.2, 0.25) is 0 Å². The van der Waals surface area contributed by atoms with Crippen molar-refractivity contribution in [3.05, 3.63) is 59.5 Å². The largest absolute Gasteiger partial charge is 0.465 e. The highest BCUT2D eigenvalue weighted by Gasteiger charge is 2.25. The second-order valence-corrected chi connectivity index (χ2v) is 7.35. The highest BCUT2D eigenvalue weighted by atomic mass is 16.5. The van der Waals surface area contributed by atoms with Crippen molar-refractivity contribution in [3.63, 3.8) is 0 Å². The Kier molecular flexibility index (Phi) is 8.58. The van der Waals surface area contributed by atoms with Gasteiger partial charge in [0.05, 0.1) is 25.8 Å². The Balaban J connectivity index is 1.57. The highest BCUT2D eigenvalue weighted by molar-refractivity contribution is 5.79. The molecule has 0 saturated carbocycles. The SMILES string of the molecule is CCNC(=NCC(c1ccc(C)o1)N1CCOCC1)NCCCc1ccccc1. The molecule has 0 aliphatic carbocycles. The standard InChI is InChI=1S/C23H34N4O2/c1-3-24-23(25-13-7-10-20-8-5-4-6-9-20)26-18-21(22-12-11-19(2)29-22)27-14-16-28-17-15-27/h4-6,8-9,11-12,21H,3,7,10,13-18H2,1-2H3,(H2,24,25,26). The molecule has 1 atom stereocenters. The van der Waals surface area contributed by atoms with Crippen molar-refractivity contribution in [3.8, 4) is 0 Å². The fourth-order valence-electron chi connectivity index (χ4n) is 3.57. The van der Waals surface area contributed by atoms with E-state index < -0.39 is 0 Å². The fourth-order valence-corrected chi connectivity index (χ4v) is 3.57. The van der Waals surface area contributed by atoms with Gasteiger partial charge in [0.2, 0.25) is 0 Å². The maximum absolute atomic E-state index is 5.95. The first-order chi connectivity index (χ1) is 14.3. The molecular weight excluding hydrogens is 364 g/mol. The van der Waals surface area contributed by atoms with Crippen molar-refractivity contribution in [2.24, 2.45) is 4.99 Å². The summed E-state index contributed by atoms with van der Waals surface area (Å²) in [5, 5.41) is 6.83. The Hall–Kier alpha value is -2.31. The molecule has 0 amide bonds. The summed E-state index contributed by atoms with van der Waals surface area (Å²) in [5.41, 5.74) is 1.37. The molecule has 6 heteroatoms. The van der Waals surface area contributed by atoms with Gasteiger partial charge in [-0.15, -0.1) is 0 Å². The number of nitrogens with zero attached hydrogens (tertiary/aromatic N) is 2. The van der Waals surface area contributed by atoms with Gasteiger partial charge in [-0.05, 0) is 44.4 Å². The minimum Gasteiger partial charge on any atom is -0.465 e. The number of aliphatic imine (C=N–C) groups is 1. The van der Waals surface area contributed by atoms with Gasteiger partial charge in [-0.3, -0.25) is 9.89 Å². The molecule has 1 aliphatic heterocycles. The Morgan fingerprint density at radius 3 is 2.59 bits per heavy atom. The van der Waals surface area contributed by atoms with Crippen LogP contribution in [0.4, 0.5) is 0 Å². The summed E-state index contributed by atoms with van der Waals surface area (Å²) in [6.07, 6.45) is 2.13. The fraction of sp³-hybridized carbons (Fsp3) is 0.522. The molecule has 2 aromatic rings. The molecule has 1 saturated heterocycles. The third-order valence-corrected chi connectivity index (χ3v) is 5.12. The van der Waals surface area contributed by atoms with Gasteiger partial charge < -0.3 is 19.8 Å². The van der Waals surface area contributed by atoms with E-state index in [1.807, 2.05) is 13.0 Å². The number of aryl methyl sites for hydroxylation is 2. The number of benzene rings is 1. The summed E-state index contributed by atoms with van der Waals surface area (Å²) in [6, 6.07) is 14.8. The van der Waals surface area contributed by atoms with Gasteiger partial charge in [-0.25, -0.2) is 0 Å². The van der Waals surface area contributed by atoms with Gasteiger partial charge in [-0.2, -0.15) is 0 Å². The molecule has 2 N–H and O–H groups in total. The van der Waals surface area contributed by atoms with Crippen LogP contribution in [0.3, 0.4) is 0 Å². The predicted octanol–water partition coefficient (Wildman–Crippen LogP) is 3.15. The molecule has 3 rings (SSSR count). The number of furan rings is 1. The monoisotopic (exact) mass is 398 g/mol. The van der Waals surface area contributed by atoms with Crippen LogP contribution >= 0.6 is 0 Å². The van der Waals surface area contributed by atoms with Crippen molar-refractivity contribution in [1.29, 1.82) is 0 Å². The second-order valence-electron chi connectivity index (χ2n) is 7.35. The van der Waals surface area contributed by atoms with Gasteiger partial charge in [0, 0.05) is 26.2 Å². The quantitative estimate of drug-likeness (QED) is 0.386. The summed E-state index contributed by atoms with van der Waals surface area (Å²) in [4.78, 5) is 7.28. The van der Waals surface area contributed by atoms with Gasteiger partial charge >= 0.3 is 0 Å². The van der Waals surface area contributed by atoms with E-state index in [2.05, 4.69) is 58.9 Å². The van der Waals surface area contributed by atoms with Gasteiger partial charge in [0.1, 0.15) is 11.5 Å². The minimum absolute atomic E-state index is 0.132. The Morgan fingerprint density at radius 2 is 1.90 bits per heavy atom. The number of morpholine rings is 1. The zero-order valence-electron chi connectivity index (χ0n) is 17.7. The molecule has 0 bridgehead atoms. The lowest BCUT2D eigenvalue weighted by atomic mass is 10.1. The van der Waals surface area contributed by atoms with Crippen molar-refractivity contribution < 1.29 is 9.15 Å². The zero-order valence-corrected chi connectivity index (χ0v) is 17.7. The van der Waals surface area contributed by atoms with E-state index in [1.165, 1.54) is 5.56 Å². The lowest BCUT2D eigenvalue weighted by Crippen LogP contribution is -2.42. The van der Waals surface area contributed by atoms with Crippen LogP contribution in [0.15, 0.2) is 51.9 Å². The van der Waals surface area contributed by atoms with Crippen molar-refractivity contribution >= 4 is 5.96 Å². The third-order valence-electron chi connectivity index (χ3n) is 5.12. The average molecular weight is 399 g/mol. The van der Waals surface area contributed by atoms with Crippen LogP contribution in [-0.4, -0.2) is 56.8 Å². The van der Waals surface area contributed by atoms with Crippen LogP contribution < -0.4 is 10.6 Å².